The van der Waals surface area contributed by atoms with Crippen molar-refractivity contribution < 1.29 is 9.59 Å². The van der Waals surface area contributed by atoms with Crippen LogP contribution in [0.4, 0.5) is 5.69 Å². The van der Waals surface area contributed by atoms with Gasteiger partial charge in [-0.25, -0.2) is 0 Å². The zero-order valence-corrected chi connectivity index (χ0v) is 12.1. The van der Waals surface area contributed by atoms with E-state index in [9.17, 15) is 9.59 Å². The Balaban J connectivity index is 1.54. The molecule has 110 valence electrons. The van der Waals surface area contributed by atoms with Crippen LogP contribution >= 0.6 is 0 Å². The summed E-state index contributed by atoms with van der Waals surface area (Å²) in [4.78, 5) is 26.2. The highest BCUT2D eigenvalue weighted by molar-refractivity contribution is 6.21. The molecule has 2 amide bonds. The third-order valence-electron chi connectivity index (χ3n) is 4.42. The Labute approximate surface area is 128 Å². The van der Waals surface area contributed by atoms with Gasteiger partial charge in [0.25, 0.3) is 11.8 Å². The highest BCUT2D eigenvalue weighted by Gasteiger charge is 2.36. The van der Waals surface area contributed by atoms with Gasteiger partial charge in [-0.3, -0.25) is 14.5 Å². The third kappa shape index (κ3) is 1.99. The van der Waals surface area contributed by atoms with Crippen molar-refractivity contribution in [3.05, 3.63) is 65.2 Å². The van der Waals surface area contributed by atoms with Gasteiger partial charge in [0, 0.05) is 18.3 Å². The van der Waals surface area contributed by atoms with Crippen molar-refractivity contribution in [3.63, 3.8) is 0 Å². The third-order valence-corrected chi connectivity index (χ3v) is 4.42. The molecule has 0 radical (unpaired) electrons. The average molecular weight is 292 g/mol. The zero-order valence-electron chi connectivity index (χ0n) is 12.1. The zero-order chi connectivity index (χ0) is 15.1. The van der Waals surface area contributed by atoms with Gasteiger partial charge in [0.05, 0.1) is 11.1 Å². The first kappa shape index (κ1) is 13.1. The summed E-state index contributed by atoms with van der Waals surface area (Å²) in [6, 6.07) is 15.3. The number of nitrogens with zero attached hydrogens (tertiary/aromatic N) is 1. The standard InChI is InChI=1S/C18H16N2O2/c21-17-14-6-2-3-7-15(14)18(22)20(17)11-13-10-9-12-5-1-4-8-16(12)19-13/h1-8,13,19H,9-11H2/t13-/m1/s1. The van der Waals surface area contributed by atoms with Crippen LogP contribution in [-0.4, -0.2) is 29.3 Å². The topological polar surface area (TPSA) is 49.4 Å². The summed E-state index contributed by atoms with van der Waals surface area (Å²) >= 11 is 0. The van der Waals surface area contributed by atoms with Crippen LogP contribution in [0.25, 0.3) is 0 Å². The molecule has 0 saturated carbocycles. The van der Waals surface area contributed by atoms with Crippen molar-refractivity contribution in [2.75, 3.05) is 11.9 Å². The second-order valence-corrected chi connectivity index (χ2v) is 5.80. The Kier molecular flexibility index (Phi) is 2.96. The molecule has 0 aliphatic carbocycles. The molecule has 0 bridgehead atoms. The van der Waals surface area contributed by atoms with Crippen molar-refractivity contribution in [2.24, 2.45) is 0 Å². The molecule has 0 unspecified atom stereocenters. The predicted molar refractivity (Wildman–Crippen MR) is 84.0 cm³/mol. The van der Waals surface area contributed by atoms with Crippen LogP contribution in [0.3, 0.4) is 0 Å². The molecule has 1 N–H and O–H groups in total. The summed E-state index contributed by atoms with van der Waals surface area (Å²) in [7, 11) is 0. The summed E-state index contributed by atoms with van der Waals surface area (Å²) in [6.45, 7) is 0.417. The molecule has 4 heteroatoms. The van der Waals surface area contributed by atoms with Crippen LogP contribution in [0.15, 0.2) is 48.5 Å². The maximum atomic E-state index is 12.4. The van der Waals surface area contributed by atoms with Gasteiger partial charge in [0.1, 0.15) is 0 Å². The van der Waals surface area contributed by atoms with Crippen LogP contribution < -0.4 is 5.32 Å². The number of amides is 2. The number of carbonyl (C=O) groups is 2. The second kappa shape index (κ2) is 4.98. The van der Waals surface area contributed by atoms with Crippen LogP contribution in [-0.2, 0) is 6.42 Å². The minimum absolute atomic E-state index is 0.108. The van der Waals surface area contributed by atoms with Gasteiger partial charge in [-0.1, -0.05) is 30.3 Å². The highest BCUT2D eigenvalue weighted by atomic mass is 16.2. The first-order chi connectivity index (χ1) is 10.7. The van der Waals surface area contributed by atoms with E-state index in [2.05, 4.69) is 11.4 Å². The molecule has 2 aliphatic rings. The lowest BCUT2D eigenvalue weighted by atomic mass is 9.98. The number of para-hydroxylation sites is 1. The Morgan fingerprint density at radius 3 is 2.32 bits per heavy atom. The van der Waals surface area contributed by atoms with E-state index in [0.717, 1.165) is 18.5 Å². The van der Waals surface area contributed by atoms with E-state index in [4.69, 9.17) is 0 Å². The van der Waals surface area contributed by atoms with Crippen LogP contribution in [0.1, 0.15) is 32.7 Å². The number of rotatable bonds is 2. The van der Waals surface area contributed by atoms with Crippen molar-refractivity contribution in [3.8, 4) is 0 Å². The van der Waals surface area contributed by atoms with Crippen molar-refractivity contribution in [2.45, 2.75) is 18.9 Å². The summed E-state index contributed by atoms with van der Waals surface area (Å²) in [5, 5.41) is 3.45. The van der Waals surface area contributed by atoms with Gasteiger partial charge in [0.15, 0.2) is 0 Å². The van der Waals surface area contributed by atoms with E-state index < -0.39 is 0 Å². The second-order valence-electron chi connectivity index (χ2n) is 5.80. The molecular formula is C18H16N2O2. The fraction of sp³-hybridized carbons (Fsp3) is 0.222. The van der Waals surface area contributed by atoms with Crippen LogP contribution in [0, 0.1) is 0 Å². The number of fused-ring (bicyclic) bond motifs is 2. The summed E-state index contributed by atoms with van der Waals surface area (Å²) in [5.41, 5.74) is 3.43. The molecule has 2 aromatic carbocycles. The van der Waals surface area contributed by atoms with Gasteiger partial charge < -0.3 is 5.32 Å². The van der Waals surface area contributed by atoms with Gasteiger partial charge in [-0.15, -0.1) is 0 Å². The number of nitrogens with one attached hydrogen (secondary N) is 1. The number of hydrogen-bond donors (Lipinski definition) is 1. The Hall–Kier alpha value is -2.62. The van der Waals surface area contributed by atoms with Gasteiger partial charge in [-0.05, 0) is 36.6 Å². The molecule has 2 aromatic rings. The number of benzene rings is 2. The Bertz CT molecular complexity index is 734. The van der Waals surface area contributed by atoms with Gasteiger partial charge in [-0.2, -0.15) is 0 Å². The number of anilines is 1. The molecule has 0 spiro atoms. The average Bonchev–Trinajstić information content (AvgIpc) is 2.80. The Morgan fingerprint density at radius 1 is 0.955 bits per heavy atom. The first-order valence-electron chi connectivity index (χ1n) is 7.54. The predicted octanol–water partition coefficient (Wildman–Crippen LogP) is 2.71. The molecule has 0 aromatic heterocycles. The lowest BCUT2D eigenvalue weighted by Crippen LogP contribution is -2.41. The van der Waals surface area contributed by atoms with Crippen molar-refractivity contribution in [1.29, 1.82) is 0 Å². The summed E-state index contributed by atoms with van der Waals surface area (Å²) in [6.07, 6.45) is 1.89. The van der Waals surface area contributed by atoms with E-state index in [-0.39, 0.29) is 17.9 Å². The molecule has 4 nitrogen and oxygen atoms in total. The van der Waals surface area contributed by atoms with Crippen LogP contribution in [0.2, 0.25) is 0 Å². The first-order valence-corrected chi connectivity index (χ1v) is 7.54. The van der Waals surface area contributed by atoms with E-state index >= 15 is 0 Å². The fourth-order valence-corrected chi connectivity index (χ4v) is 3.26. The molecular weight excluding hydrogens is 276 g/mol. The number of aryl methyl sites for hydroxylation is 1. The molecule has 2 aliphatic heterocycles. The smallest absolute Gasteiger partial charge is 0.261 e. The number of imide groups is 1. The molecule has 22 heavy (non-hydrogen) atoms. The van der Waals surface area contributed by atoms with E-state index in [1.165, 1.54) is 10.5 Å². The highest BCUT2D eigenvalue weighted by Crippen LogP contribution is 2.27. The minimum Gasteiger partial charge on any atom is -0.380 e. The van der Waals surface area contributed by atoms with Crippen LogP contribution in [0.5, 0.6) is 0 Å². The van der Waals surface area contributed by atoms with Crippen molar-refractivity contribution in [1.82, 2.24) is 4.90 Å². The molecule has 4 rings (SSSR count). The lowest BCUT2D eigenvalue weighted by molar-refractivity contribution is 0.0646. The normalized spacial score (nSPS) is 19.6. The molecule has 1 atom stereocenters. The van der Waals surface area contributed by atoms with Gasteiger partial charge >= 0.3 is 0 Å². The Morgan fingerprint density at radius 2 is 1.59 bits per heavy atom. The monoisotopic (exact) mass is 292 g/mol. The summed E-state index contributed by atoms with van der Waals surface area (Å²) in [5.74, 6) is -0.359. The minimum atomic E-state index is -0.179. The maximum absolute atomic E-state index is 12.4. The fourth-order valence-electron chi connectivity index (χ4n) is 3.26. The van der Waals surface area contributed by atoms with E-state index in [1.54, 1.807) is 24.3 Å². The SMILES string of the molecule is O=C1c2ccccc2C(=O)N1C[C@H]1CCc2ccccc2N1. The largest absolute Gasteiger partial charge is 0.380 e. The molecule has 2 heterocycles. The van der Waals surface area contributed by atoms with E-state index in [1.807, 2.05) is 18.2 Å². The molecule has 0 saturated heterocycles. The van der Waals surface area contributed by atoms with Crippen molar-refractivity contribution >= 4 is 17.5 Å². The summed E-state index contributed by atoms with van der Waals surface area (Å²) < 4.78 is 0. The number of carbonyl (C=O) groups excluding carboxylic acids is 2. The lowest BCUT2D eigenvalue weighted by Gasteiger charge is -2.29. The van der Waals surface area contributed by atoms with E-state index in [0.29, 0.717) is 17.7 Å². The number of hydrogen-bond acceptors (Lipinski definition) is 3. The quantitative estimate of drug-likeness (QED) is 0.866. The van der Waals surface area contributed by atoms with Gasteiger partial charge in [0.2, 0.25) is 0 Å². The maximum Gasteiger partial charge on any atom is 0.261 e. The molecule has 0 fully saturated rings.